The minimum absolute atomic E-state index is 0.269. The minimum atomic E-state index is -3.48. The van der Waals surface area contributed by atoms with Crippen molar-refractivity contribution in [3.05, 3.63) is 30.6 Å². The van der Waals surface area contributed by atoms with Crippen LogP contribution in [0.5, 0.6) is 0 Å². The van der Waals surface area contributed by atoms with Crippen LogP contribution in [-0.4, -0.2) is 48.9 Å². The molecular formula is C20H30N6O2S. The first kappa shape index (κ1) is 21.3. The maximum Gasteiger partial charge on any atom is 0.243 e. The quantitative estimate of drug-likeness (QED) is 0.712. The van der Waals surface area contributed by atoms with Crippen molar-refractivity contribution < 1.29 is 8.42 Å². The summed E-state index contributed by atoms with van der Waals surface area (Å²) in [6, 6.07) is 6.64. The standard InChI is InChI=1S/C20H30N6O2S/c1-4-26(5-2)29(27,28)17-8-6-16(7-9-17)24-19-18(21)20(23-14-22-19)25-12-10-15(3)11-13-25/h6-9,14-15H,4-5,10-13,21H2,1-3H3,(H,22,23,24). The van der Waals surface area contributed by atoms with Crippen LogP contribution in [-0.2, 0) is 10.0 Å². The van der Waals surface area contributed by atoms with Gasteiger partial charge in [-0.25, -0.2) is 18.4 Å². The lowest BCUT2D eigenvalue weighted by molar-refractivity contribution is 0.437. The lowest BCUT2D eigenvalue weighted by atomic mass is 9.99. The number of nitrogen functional groups attached to an aromatic ring is 1. The van der Waals surface area contributed by atoms with Crippen molar-refractivity contribution in [3.8, 4) is 0 Å². The predicted molar refractivity (Wildman–Crippen MR) is 117 cm³/mol. The third-order valence-electron chi connectivity index (χ3n) is 5.41. The van der Waals surface area contributed by atoms with Gasteiger partial charge in [0.05, 0.1) is 4.90 Å². The molecular weight excluding hydrogens is 388 g/mol. The molecule has 2 heterocycles. The third kappa shape index (κ3) is 4.62. The van der Waals surface area contributed by atoms with E-state index in [1.807, 2.05) is 13.8 Å². The number of aromatic nitrogens is 2. The number of anilines is 4. The van der Waals surface area contributed by atoms with Gasteiger partial charge in [-0.15, -0.1) is 0 Å². The Morgan fingerprint density at radius 3 is 2.34 bits per heavy atom. The second-order valence-electron chi connectivity index (χ2n) is 7.37. The molecule has 0 radical (unpaired) electrons. The Labute approximate surface area is 173 Å². The van der Waals surface area contributed by atoms with Crippen LogP contribution in [0, 0.1) is 5.92 Å². The van der Waals surface area contributed by atoms with Crippen LogP contribution in [0.4, 0.5) is 23.0 Å². The Morgan fingerprint density at radius 2 is 1.76 bits per heavy atom. The van der Waals surface area contributed by atoms with Gasteiger partial charge in [0.1, 0.15) is 12.0 Å². The molecule has 1 fully saturated rings. The highest BCUT2D eigenvalue weighted by atomic mass is 32.2. The summed E-state index contributed by atoms with van der Waals surface area (Å²) in [7, 11) is -3.48. The Balaban J connectivity index is 1.78. The molecule has 9 heteroatoms. The van der Waals surface area contributed by atoms with Crippen molar-refractivity contribution in [3.63, 3.8) is 0 Å². The number of hydrogen-bond acceptors (Lipinski definition) is 7. The van der Waals surface area contributed by atoms with Gasteiger partial charge < -0.3 is 16.0 Å². The van der Waals surface area contributed by atoms with Gasteiger partial charge in [0.2, 0.25) is 10.0 Å². The van der Waals surface area contributed by atoms with E-state index in [0.29, 0.717) is 30.3 Å². The van der Waals surface area contributed by atoms with Gasteiger partial charge in [0, 0.05) is 31.9 Å². The molecule has 1 saturated heterocycles. The van der Waals surface area contributed by atoms with E-state index in [4.69, 9.17) is 5.73 Å². The molecule has 1 aromatic heterocycles. The van der Waals surface area contributed by atoms with E-state index in [-0.39, 0.29) is 4.90 Å². The fourth-order valence-corrected chi connectivity index (χ4v) is 4.98. The first-order valence-corrected chi connectivity index (χ1v) is 11.5. The number of piperidine rings is 1. The van der Waals surface area contributed by atoms with Crippen LogP contribution in [0.25, 0.3) is 0 Å². The van der Waals surface area contributed by atoms with Crippen molar-refractivity contribution in [2.45, 2.75) is 38.5 Å². The molecule has 0 bridgehead atoms. The third-order valence-corrected chi connectivity index (χ3v) is 7.47. The second kappa shape index (κ2) is 8.96. The maximum atomic E-state index is 12.6. The molecule has 0 spiro atoms. The van der Waals surface area contributed by atoms with Crippen LogP contribution in [0.2, 0.25) is 0 Å². The average Bonchev–Trinajstić information content (AvgIpc) is 2.71. The fourth-order valence-electron chi connectivity index (χ4n) is 3.52. The van der Waals surface area contributed by atoms with E-state index < -0.39 is 10.0 Å². The number of nitrogens with two attached hydrogens (primary N) is 1. The van der Waals surface area contributed by atoms with Crippen LogP contribution in [0.3, 0.4) is 0 Å². The maximum absolute atomic E-state index is 12.6. The Bertz CT molecular complexity index is 920. The molecule has 158 valence electrons. The van der Waals surface area contributed by atoms with E-state index in [9.17, 15) is 8.42 Å². The molecule has 2 aromatic rings. The zero-order valence-corrected chi connectivity index (χ0v) is 18.1. The zero-order chi connectivity index (χ0) is 21.0. The van der Waals surface area contributed by atoms with Crippen molar-refractivity contribution in [1.82, 2.24) is 14.3 Å². The van der Waals surface area contributed by atoms with E-state index in [1.165, 1.54) is 10.6 Å². The van der Waals surface area contributed by atoms with Crippen molar-refractivity contribution in [2.24, 2.45) is 5.92 Å². The van der Waals surface area contributed by atoms with Gasteiger partial charge in [-0.05, 0) is 43.0 Å². The van der Waals surface area contributed by atoms with E-state index in [2.05, 4.69) is 27.1 Å². The molecule has 0 amide bonds. The topological polar surface area (TPSA) is 104 Å². The molecule has 3 N–H and O–H groups in total. The summed E-state index contributed by atoms with van der Waals surface area (Å²) in [6.45, 7) is 8.66. The van der Waals surface area contributed by atoms with Crippen LogP contribution in [0.1, 0.15) is 33.6 Å². The monoisotopic (exact) mass is 418 g/mol. The molecule has 29 heavy (non-hydrogen) atoms. The average molecular weight is 419 g/mol. The van der Waals surface area contributed by atoms with Crippen molar-refractivity contribution in [1.29, 1.82) is 0 Å². The van der Waals surface area contributed by atoms with Gasteiger partial charge in [-0.3, -0.25) is 0 Å². The lowest BCUT2D eigenvalue weighted by Gasteiger charge is -2.32. The minimum Gasteiger partial charge on any atom is -0.393 e. The highest BCUT2D eigenvalue weighted by Crippen LogP contribution is 2.31. The number of sulfonamides is 1. The van der Waals surface area contributed by atoms with Crippen LogP contribution >= 0.6 is 0 Å². The van der Waals surface area contributed by atoms with Crippen molar-refractivity contribution in [2.75, 3.05) is 42.1 Å². The smallest absolute Gasteiger partial charge is 0.243 e. The Kier molecular flexibility index (Phi) is 6.59. The summed E-state index contributed by atoms with van der Waals surface area (Å²) in [4.78, 5) is 11.1. The summed E-state index contributed by atoms with van der Waals surface area (Å²) >= 11 is 0. The van der Waals surface area contributed by atoms with Crippen molar-refractivity contribution >= 4 is 33.0 Å². The molecule has 0 saturated carbocycles. The highest BCUT2D eigenvalue weighted by molar-refractivity contribution is 7.89. The molecule has 0 aliphatic carbocycles. The zero-order valence-electron chi connectivity index (χ0n) is 17.3. The van der Waals surface area contributed by atoms with Gasteiger partial charge in [-0.1, -0.05) is 20.8 Å². The number of hydrogen-bond donors (Lipinski definition) is 2. The lowest BCUT2D eigenvalue weighted by Crippen LogP contribution is -2.34. The molecule has 1 aliphatic rings. The summed E-state index contributed by atoms with van der Waals surface area (Å²) in [5, 5.41) is 3.19. The normalized spacial score (nSPS) is 15.7. The van der Waals surface area contributed by atoms with Crippen LogP contribution in [0.15, 0.2) is 35.5 Å². The van der Waals surface area contributed by atoms with Gasteiger partial charge in [-0.2, -0.15) is 4.31 Å². The van der Waals surface area contributed by atoms with Crippen LogP contribution < -0.4 is 16.0 Å². The second-order valence-corrected chi connectivity index (χ2v) is 9.31. The number of rotatable bonds is 7. The number of benzene rings is 1. The van der Waals surface area contributed by atoms with E-state index in [1.54, 1.807) is 24.3 Å². The number of nitrogens with one attached hydrogen (secondary N) is 1. The summed E-state index contributed by atoms with van der Waals surface area (Å²) < 4.78 is 26.7. The molecule has 1 aliphatic heterocycles. The molecule has 0 unspecified atom stereocenters. The van der Waals surface area contributed by atoms with Gasteiger partial charge in [0.15, 0.2) is 11.6 Å². The SMILES string of the molecule is CCN(CC)S(=O)(=O)c1ccc(Nc2ncnc(N3CCC(C)CC3)c2N)cc1. The largest absolute Gasteiger partial charge is 0.393 e. The van der Waals surface area contributed by atoms with E-state index in [0.717, 1.165) is 37.7 Å². The first-order valence-electron chi connectivity index (χ1n) is 10.1. The Hall–Kier alpha value is -2.39. The summed E-state index contributed by atoms with van der Waals surface area (Å²) in [5.41, 5.74) is 7.56. The highest BCUT2D eigenvalue weighted by Gasteiger charge is 2.22. The molecule has 1 aromatic carbocycles. The first-order chi connectivity index (χ1) is 13.9. The summed E-state index contributed by atoms with van der Waals surface area (Å²) in [6.07, 6.45) is 3.74. The predicted octanol–water partition coefficient (Wildman–Crippen LogP) is 3.07. The van der Waals surface area contributed by atoms with E-state index >= 15 is 0 Å². The summed E-state index contributed by atoms with van der Waals surface area (Å²) in [5.74, 6) is 1.99. The molecule has 0 atom stereocenters. The molecule has 3 rings (SSSR count). The van der Waals surface area contributed by atoms with Gasteiger partial charge >= 0.3 is 0 Å². The fraction of sp³-hybridized carbons (Fsp3) is 0.500. The number of nitrogens with zero attached hydrogens (tertiary/aromatic N) is 4. The Morgan fingerprint density at radius 1 is 1.14 bits per heavy atom. The molecule has 8 nitrogen and oxygen atoms in total. The van der Waals surface area contributed by atoms with Gasteiger partial charge in [0.25, 0.3) is 0 Å².